The van der Waals surface area contributed by atoms with Crippen LogP contribution in [-0.4, -0.2) is 31.8 Å². The SMILES string of the molecule is CCN(Sc1ccc(CC(C)C)cc1)S(=O)(=O)c1cc(C)c(C)c(C(=O)OC)c1. The maximum atomic E-state index is 13.3. The summed E-state index contributed by atoms with van der Waals surface area (Å²) < 4.78 is 32.7. The molecule has 2 rings (SSSR count). The Labute approximate surface area is 178 Å². The first-order chi connectivity index (χ1) is 13.6. The van der Waals surface area contributed by atoms with Gasteiger partial charge in [-0.25, -0.2) is 13.2 Å². The van der Waals surface area contributed by atoms with Crippen LogP contribution < -0.4 is 0 Å². The molecule has 5 nitrogen and oxygen atoms in total. The minimum Gasteiger partial charge on any atom is -0.465 e. The number of aryl methyl sites for hydroxylation is 1. The van der Waals surface area contributed by atoms with Crippen LogP contribution in [0.3, 0.4) is 0 Å². The first-order valence-corrected chi connectivity index (χ1v) is 11.8. The van der Waals surface area contributed by atoms with Crippen molar-refractivity contribution < 1.29 is 17.9 Å². The maximum absolute atomic E-state index is 13.3. The van der Waals surface area contributed by atoms with E-state index >= 15 is 0 Å². The number of hydrogen-bond donors (Lipinski definition) is 0. The molecule has 0 atom stereocenters. The van der Waals surface area contributed by atoms with Crippen LogP contribution >= 0.6 is 11.9 Å². The average Bonchev–Trinajstić information content (AvgIpc) is 2.68. The maximum Gasteiger partial charge on any atom is 0.338 e. The highest BCUT2D eigenvalue weighted by Crippen LogP contribution is 2.31. The number of carbonyl (C=O) groups excluding carboxylic acids is 1. The Morgan fingerprint density at radius 3 is 2.28 bits per heavy atom. The Bertz CT molecular complexity index is 967. The summed E-state index contributed by atoms with van der Waals surface area (Å²) in [5, 5.41) is 0. The van der Waals surface area contributed by atoms with Crippen molar-refractivity contribution in [3.63, 3.8) is 0 Å². The highest BCUT2D eigenvalue weighted by Gasteiger charge is 2.27. The number of nitrogens with zero attached hydrogens (tertiary/aromatic N) is 1. The van der Waals surface area contributed by atoms with Crippen molar-refractivity contribution in [3.05, 3.63) is 58.7 Å². The molecule has 0 aliphatic rings. The molecule has 0 saturated carbocycles. The average molecular weight is 436 g/mol. The first-order valence-electron chi connectivity index (χ1n) is 9.59. The fourth-order valence-electron chi connectivity index (χ4n) is 2.97. The van der Waals surface area contributed by atoms with Gasteiger partial charge in [-0.1, -0.05) is 32.9 Å². The summed E-state index contributed by atoms with van der Waals surface area (Å²) >= 11 is 1.18. The number of benzene rings is 2. The molecule has 29 heavy (non-hydrogen) atoms. The molecule has 0 aliphatic heterocycles. The van der Waals surface area contributed by atoms with E-state index in [2.05, 4.69) is 13.8 Å². The van der Waals surface area contributed by atoms with E-state index in [1.165, 1.54) is 34.4 Å². The van der Waals surface area contributed by atoms with E-state index in [4.69, 9.17) is 4.74 Å². The molecule has 0 bridgehead atoms. The largest absolute Gasteiger partial charge is 0.465 e. The zero-order valence-electron chi connectivity index (χ0n) is 17.9. The number of hydrogen-bond acceptors (Lipinski definition) is 5. The van der Waals surface area contributed by atoms with Gasteiger partial charge in [-0.3, -0.25) is 0 Å². The van der Waals surface area contributed by atoms with Gasteiger partial charge in [-0.2, -0.15) is 0 Å². The smallest absolute Gasteiger partial charge is 0.338 e. The molecule has 2 aromatic rings. The summed E-state index contributed by atoms with van der Waals surface area (Å²) in [6.45, 7) is 9.99. The summed E-state index contributed by atoms with van der Waals surface area (Å²) in [4.78, 5) is 13.0. The number of sulfonamides is 1. The molecule has 0 amide bonds. The molecule has 7 heteroatoms. The van der Waals surface area contributed by atoms with Crippen molar-refractivity contribution in [2.24, 2.45) is 5.92 Å². The Morgan fingerprint density at radius 1 is 1.14 bits per heavy atom. The van der Waals surface area contributed by atoms with E-state index in [1.807, 2.05) is 24.3 Å². The Balaban J connectivity index is 2.35. The van der Waals surface area contributed by atoms with Crippen LogP contribution in [0.4, 0.5) is 0 Å². The Morgan fingerprint density at radius 2 is 1.76 bits per heavy atom. The van der Waals surface area contributed by atoms with Gasteiger partial charge in [0.1, 0.15) is 0 Å². The second-order valence-corrected chi connectivity index (χ2v) is 10.5. The lowest BCUT2D eigenvalue weighted by Gasteiger charge is -2.21. The highest BCUT2D eigenvalue weighted by atomic mass is 32.3. The van der Waals surface area contributed by atoms with Crippen LogP contribution in [0.5, 0.6) is 0 Å². The van der Waals surface area contributed by atoms with Crippen molar-refractivity contribution in [3.8, 4) is 0 Å². The summed E-state index contributed by atoms with van der Waals surface area (Å²) in [6, 6.07) is 11.0. The lowest BCUT2D eigenvalue weighted by molar-refractivity contribution is 0.0599. The predicted molar refractivity (Wildman–Crippen MR) is 118 cm³/mol. The van der Waals surface area contributed by atoms with E-state index in [0.717, 1.165) is 16.9 Å². The third kappa shape index (κ3) is 5.62. The van der Waals surface area contributed by atoms with Crippen molar-refractivity contribution in [1.29, 1.82) is 0 Å². The van der Waals surface area contributed by atoms with Gasteiger partial charge >= 0.3 is 5.97 Å². The van der Waals surface area contributed by atoms with Gasteiger partial charge in [0.2, 0.25) is 0 Å². The molecule has 0 unspecified atom stereocenters. The molecule has 0 saturated heterocycles. The summed E-state index contributed by atoms with van der Waals surface area (Å²) in [7, 11) is -2.51. The fourth-order valence-corrected chi connectivity index (χ4v) is 5.67. The van der Waals surface area contributed by atoms with Crippen molar-refractivity contribution in [1.82, 2.24) is 3.71 Å². The normalized spacial score (nSPS) is 11.9. The van der Waals surface area contributed by atoms with Crippen molar-refractivity contribution >= 4 is 27.9 Å². The van der Waals surface area contributed by atoms with Crippen LogP contribution in [0.25, 0.3) is 0 Å². The lowest BCUT2D eigenvalue weighted by Crippen LogP contribution is -2.25. The quantitative estimate of drug-likeness (QED) is 0.431. The van der Waals surface area contributed by atoms with Gasteiger partial charge in [0.05, 0.1) is 17.6 Å². The molecule has 0 N–H and O–H groups in total. The molecule has 0 aliphatic carbocycles. The van der Waals surface area contributed by atoms with E-state index in [1.54, 1.807) is 26.8 Å². The summed E-state index contributed by atoms with van der Waals surface area (Å²) in [5.41, 5.74) is 2.94. The summed E-state index contributed by atoms with van der Waals surface area (Å²) in [6.07, 6.45) is 0.986. The van der Waals surface area contributed by atoms with Gasteiger partial charge in [0.15, 0.2) is 0 Å². The first kappa shape index (κ1) is 23.4. The number of carbonyl (C=O) groups is 1. The van der Waals surface area contributed by atoms with E-state index < -0.39 is 16.0 Å². The molecule has 0 radical (unpaired) electrons. The molecule has 0 fully saturated rings. The lowest BCUT2D eigenvalue weighted by atomic mass is 10.0. The van der Waals surface area contributed by atoms with E-state index in [-0.39, 0.29) is 10.5 Å². The molecule has 0 spiro atoms. The molecule has 0 aromatic heterocycles. The monoisotopic (exact) mass is 435 g/mol. The number of methoxy groups -OCH3 is 1. The third-order valence-corrected chi connectivity index (χ3v) is 8.03. The molecular formula is C22H29NO4S2. The van der Waals surface area contributed by atoms with E-state index in [9.17, 15) is 13.2 Å². The standard InChI is InChI=1S/C22H29NO4S2/c1-7-23(28-19-10-8-18(9-11-19)12-15(2)3)29(25,26)20-13-16(4)17(5)21(14-20)22(24)27-6/h8-11,13-15H,7,12H2,1-6H3. The zero-order valence-corrected chi connectivity index (χ0v) is 19.5. The van der Waals surface area contributed by atoms with Crippen molar-refractivity contribution in [2.75, 3.05) is 13.7 Å². The highest BCUT2D eigenvalue weighted by molar-refractivity contribution is 8.08. The second kappa shape index (κ2) is 9.78. The van der Waals surface area contributed by atoms with Crippen LogP contribution in [0.15, 0.2) is 46.2 Å². The summed E-state index contributed by atoms with van der Waals surface area (Å²) in [5.74, 6) is 0.0221. The Hall–Kier alpha value is -1.83. The van der Waals surface area contributed by atoms with Gasteiger partial charge < -0.3 is 4.74 Å². The van der Waals surface area contributed by atoms with Crippen LogP contribution in [0, 0.1) is 19.8 Å². The molecule has 2 aromatic carbocycles. The minimum atomic E-state index is -3.79. The zero-order chi connectivity index (χ0) is 21.8. The van der Waals surface area contributed by atoms with E-state index in [0.29, 0.717) is 18.0 Å². The van der Waals surface area contributed by atoms with Crippen molar-refractivity contribution in [2.45, 2.75) is 50.8 Å². The third-order valence-electron chi connectivity index (χ3n) is 4.64. The molecule has 158 valence electrons. The van der Waals surface area contributed by atoms with Crippen LogP contribution in [-0.2, 0) is 21.2 Å². The van der Waals surface area contributed by atoms with Gasteiger partial charge in [-0.15, -0.1) is 3.71 Å². The predicted octanol–water partition coefficient (Wildman–Crippen LogP) is 5.01. The molecular weight excluding hydrogens is 406 g/mol. The number of ether oxygens (including phenoxy) is 1. The van der Waals surface area contributed by atoms with Gasteiger partial charge in [-0.05, 0) is 79.1 Å². The molecule has 0 heterocycles. The fraction of sp³-hybridized carbons (Fsp3) is 0.409. The second-order valence-electron chi connectivity index (χ2n) is 7.36. The Kier molecular flexibility index (Phi) is 7.91. The van der Waals surface area contributed by atoms with Crippen LogP contribution in [0.1, 0.15) is 47.8 Å². The van der Waals surface area contributed by atoms with Crippen LogP contribution in [0.2, 0.25) is 0 Å². The minimum absolute atomic E-state index is 0.0896. The van der Waals surface area contributed by atoms with Gasteiger partial charge in [0, 0.05) is 11.4 Å². The number of rotatable bonds is 8. The topological polar surface area (TPSA) is 63.7 Å². The number of esters is 1. The van der Waals surface area contributed by atoms with Gasteiger partial charge in [0.25, 0.3) is 10.0 Å².